The summed E-state index contributed by atoms with van der Waals surface area (Å²) in [6, 6.07) is 6.80. The lowest BCUT2D eigenvalue weighted by Gasteiger charge is -2.04. The number of nitro groups is 1. The molecule has 0 aliphatic rings. The van der Waals surface area contributed by atoms with Gasteiger partial charge in [-0.2, -0.15) is 0 Å². The van der Waals surface area contributed by atoms with Gasteiger partial charge in [0.05, 0.1) is 15.8 Å². The third-order valence-electron chi connectivity index (χ3n) is 2.97. The smallest absolute Gasteiger partial charge is 0.258 e. The number of rotatable bonds is 1. The van der Waals surface area contributed by atoms with Crippen LogP contribution in [0.1, 0.15) is 5.56 Å². The molecule has 0 aliphatic carbocycles. The van der Waals surface area contributed by atoms with Gasteiger partial charge < -0.3 is 0 Å². The third kappa shape index (κ3) is 1.41. The molecule has 0 amide bonds. The maximum absolute atomic E-state index is 11.1. The van der Waals surface area contributed by atoms with Crippen LogP contribution in [0.5, 0.6) is 0 Å². The fourth-order valence-electron chi connectivity index (χ4n) is 2.11. The molecule has 0 unspecified atom stereocenters. The van der Waals surface area contributed by atoms with Crippen molar-refractivity contribution in [1.82, 2.24) is 9.97 Å². The van der Waals surface area contributed by atoms with E-state index in [9.17, 15) is 10.1 Å². The topological polar surface area (TPSA) is 68.9 Å². The summed E-state index contributed by atoms with van der Waals surface area (Å²) in [7, 11) is 0. The molecule has 18 heavy (non-hydrogen) atoms. The lowest BCUT2D eigenvalue weighted by Crippen LogP contribution is -1.93. The SMILES string of the molecule is Cc1ccnc2c1ncc1cccc([N+](=O)[O-])c12. The molecule has 0 saturated carbocycles. The highest BCUT2D eigenvalue weighted by Crippen LogP contribution is 2.30. The van der Waals surface area contributed by atoms with Crippen molar-refractivity contribution in [2.45, 2.75) is 6.92 Å². The second-order valence-corrected chi connectivity index (χ2v) is 4.08. The Bertz CT molecular complexity index is 784. The van der Waals surface area contributed by atoms with E-state index in [0.717, 1.165) is 10.9 Å². The van der Waals surface area contributed by atoms with Crippen LogP contribution in [0.3, 0.4) is 0 Å². The summed E-state index contributed by atoms with van der Waals surface area (Å²) >= 11 is 0. The fraction of sp³-hybridized carbons (Fsp3) is 0.0769. The Morgan fingerprint density at radius 2 is 2.00 bits per heavy atom. The first-order chi connectivity index (χ1) is 8.68. The van der Waals surface area contributed by atoms with Crippen molar-refractivity contribution < 1.29 is 4.92 Å². The second kappa shape index (κ2) is 3.73. The Labute approximate surface area is 102 Å². The third-order valence-corrected chi connectivity index (χ3v) is 2.97. The van der Waals surface area contributed by atoms with Crippen molar-refractivity contribution >= 4 is 27.5 Å². The number of aryl methyl sites for hydroxylation is 1. The van der Waals surface area contributed by atoms with E-state index in [2.05, 4.69) is 9.97 Å². The van der Waals surface area contributed by atoms with Gasteiger partial charge >= 0.3 is 0 Å². The summed E-state index contributed by atoms with van der Waals surface area (Å²) in [4.78, 5) is 19.3. The minimum absolute atomic E-state index is 0.0676. The highest BCUT2D eigenvalue weighted by atomic mass is 16.6. The number of pyridine rings is 2. The number of hydrogen-bond donors (Lipinski definition) is 0. The standard InChI is InChI=1S/C13H9N3O2/c1-8-5-6-14-13-11-9(7-15-12(8)13)3-2-4-10(11)16(17)18/h2-7H,1H3. The van der Waals surface area contributed by atoms with Crippen LogP contribution in [0.25, 0.3) is 21.8 Å². The van der Waals surface area contributed by atoms with Crippen LogP contribution >= 0.6 is 0 Å². The molecular formula is C13H9N3O2. The fourth-order valence-corrected chi connectivity index (χ4v) is 2.11. The largest absolute Gasteiger partial charge is 0.279 e. The number of nitro benzene ring substituents is 1. The highest BCUT2D eigenvalue weighted by molar-refractivity contribution is 6.08. The zero-order valence-electron chi connectivity index (χ0n) is 9.62. The Morgan fingerprint density at radius 1 is 1.17 bits per heavy atom. The van der Waals surface area contributed by atoms with Crippen molar-refractivity contribution in [1.29, 1.82) is 0 Å². The number of benzene rings is 1. The Kier molecular flexibility index (Phi) is 2.19. The van der Waals surface area contributed by atoms with Gasteiger partial charge in [-0.1, -0.05) is 12.1 Å². The van der Waals surface area contributed by atoms with E-state index < -0.39 is 0 Å². The molecule has 0 spiro atoms. The maximum atomic E-state index is 11.1. The number of fused-ring (bicyclic) bond motifs is 3. The molecule has 0 saturated heterocycles. The molecule has 5 nitrogen and oxygen atoms in total. The number of hydrogen-bond acceptors (Lipinski definition) is 4. The van der Waals surface area contributed by atoms with Crippen LogP contribution in [-0.4, -0.2) is 14.9 Å². The minimum atomic E-state index is -0.383. The molecule has 0 bridgehead atoms. The number of nitrogens with zero attached hydrogens (tertiary/aromatic N) is 3. The predicted molar refractivity (Wildman–Crippen MR) is 68.4 cm³/mol. The van der Waals surface area contributed by atoms with Gasteiger partial charge in [-0.15, -0.1) is 0 Å². The first kappa shape index (κ1) is 10.6. The summed E-state index contributed by atoms with van der Waals surface area (Å²) in [5.41, 5.74) is 2.32. The van der Waals surface area contributed by atoms with Gasteiger partial charge in [0.1, 0.15) is 5.52 Å². The molecule has 3 rings (SSSR count). The van der Waals surface area contributed by atoms with Gasteiger partial charge in [-0.05, 0) is 18.6 Å². The summed E-state index contributed by atoms with van der Waals surface area (Å²) < 4.78 is 0. The summed E-state index contributed by atoms with van der Waals surface area (Å²) in [5.74, 6) is 0. The van der Waals surface area contributed by atoms with Crippen molar-refractivity contribution in [3.8, 4) is 0 Å². The molecule has 0 radical (unpaired) electrons. The molecular weight excluding hydrogens is 230 g/mol. The minimum Gasteiger partial charge on any atom is -0.258 e. The van der Waals surface area contributed by atoms with E-state index >= 15 is 0 Å². The van der Waals surface area contributed by atoms with Crippen molar-refractivity contribution in [3.05, 3.63) is 52.3 Å². The van der Waals surface area contributed by atoms with Gasteiger partial charge in [-0.25, -0.2) is 0 Å². The van der Waals surface area contributed by atoms with Gasteiger partial charge in [0.2, 0.25) is 0 Å². The summed E-state index contributed by atoms with van der Waals surface area (Å²) in [6.45, 7) is 1.91. The van der Waals surface area contributed by atoms with Crippen LogP contribution in [0, 0.1) is 17.0 Å². The average Bonchev–Trinajstić information content (AvgIpc) is 2.38. The molecule has 0 N–H and O–H groups in total. The molecule has 5 heteroatoms. The normalized spacial score (nSPS) is 10.9. The van der Waals surface area contributed by atoms with Crippen molar-refractivity contribution in [2.24, 2.45) is 0 Å². The lowest BCUT2D eigenvalue weighted by molar-refractivity contribution is -0.383. The van der Waals surface area contributed by atoms with E-state index in [0.29, 0.717) is 16.4 Å². The molecule has 0 atom stereocenters. The van der Waals surface area contributed by atoms with Gasteiger partial charge in [0.25, 0.3) is 5.69 Å². The first-order valence-corrected chi connectivity index (χ1v) is 5.46. The molecule has 3 aromatic rings. The van der Waals surface area contributed by atoms with E-state index in [1.807, 2.05) is 13.0 Å². The number of non-ortho nitro benzene ring substituents is 1. The van der Waals surface area contributed by atoms with Crippen LogP contribution in [0.4, 0.5) is 5.69 Å². The summed E-state index contributed by atoms with van der Waals surface area (Å²) in [6.07, 6.45) is 3.30. The highest BCUT2D eigenvalue weighted by Gasteiger charge is 2.16. The second-order valence-electron chi connectivity index (χ2n) is 4.08. The molecule has 88 valence electrons. The van der Waals surface area contributed by atoms with Gasteiger partial charge in [-0.3, -0.25) is 20.1 Å². The predicted octanol–water partition coefficient (Wildman–Crippen LogP) is 3.00. The van der Waals surface area contributed by atoms with E-state index in [-0.39, 0.29) is 10.6 Å². The molecule has 0 fully saturated rings. The van der Waals surface area contributed by atoms with Crippen LogP contribution in [0.15, 0.2) is 36.7 Å². The average molecular weight is 239 g/mol. The van der Waals surface area contributed by atoms with Crippen LogP contribution in [0.2, 0.25) is 0 Å². The Balaban J connectivity index is 2.60. The van der Waals surface area contributed by atoms with Crippen LogP contribution in [-0.2, 0) is 0 Å². The maximum Gasteiger partial charge on any atom is 0.279 e. The first-order valence-electron chi connectivity index (χ1n) is 5.46. The molecule has 1 aromatic carbocycles. The Hall–Kier alpha value is -2.56. The number of aromatic nitrogens is 2. The van der Waals surface area contributed by atoms with Crippen molar-refractivity contribution in [2.75, 3.05) is 0 Å². The molecule has 0 aliphatic heterocycles. The van der Waals surface area contributed by atoms with Gasteiger partial charge in [0.15, 0.2) is 0 Å². The Morgan fingerprint density at radius 3 is 2.78 bits per heavy atom. The quantitative estimate of drug-likeness (QED) is 0.372. The van der Waals surface area contributed by atoms with Crippen LogP contribution < -0.4 is 0 Å². The molecule has 2 aromatic heterocycles. The van der Waals surface area contributed by atoms with E-state index in [1.54, 1.807) is 24.5 Å². The zero-order valence-corrected chi connectivity index (χ0v) is 9.62. The van der Waals surface area contributed by atoms with E-state index in [4.69, 9.17) is 0 Å². The zero-order chi connectivity index (χ0) is 12.7. The van der Waals surface area contributed by atoms with Crippen molar-refractivity contribution in [3.63, 3.8) is 0 Å². The lowest BCUT2D eigenvalue weighted by atomic mass is 10.1. The van der Waals surface area contributed by atoms with Gasteiger partial charge in [0, 0.05) is 23.8 Å². The monoisotopic (exact) mass is 239 g/mol. The summed E-state index contributed by atoms with van der Waals surface area (Å²) in [5, 5.41) is 12.4. The van der Waals surface area contributed by atoms with E-state index in [1.165, 1.54) is 6.07 Å². The molecule has 2 heterocycles.